The van der Waals surface area contributed by atoms with Gasteiger partial charge in [-0.2, -0.15) is 0 Å². The van der Waals surface area contributed by atoms with E-state index in [0.29, 0.717) is 51.4 Å². The molecule has 0 unspecified atom stereocenters. The number of carbonyl (C=O) groups excluding carboxylic acids is 2. The van der Waals surface area contributed by atoms with Crippen LogP contribution < -0.4 is 11.0 Å². The van der Waals surface area contributed by atoms with E-state index in [1.165, 1.54) is 12.8 Å². The van der Waals surface area contributed by atoms with Crippen molar-refractivity contribution in [3.05, 3.63) is 67.5 Å². The molecule has 230 valence electrons. The molecule has 0 radical (unpaired) electrons. The molecule has 2 amide bonds. The minimum absolute atomic E-state index is 0.00788. The molecule has 3 aromatic rings. The molecule has 6 rings (SSSR count). The van der Waals surface area contributed by atoms with E-state index in [1.807, 2.05) is 51.9 Å². The van der Waals surface area contributed by atoms with E-state index in [-0.39, 0.29) is 17.6 Å². The van der Waals surface area contributed by atoms with Gasteiger partial charge >= 0.3 is 11.8 Å². The molecule has 0 bridgehead atoms. The second-order valence-electron chi connectivity index (χ2n) is 12.1. The third-order valence-corrected chi connectivity index (χ3v) is 11.4. The molecule has 1 aromatic heterocycles. The number of hydrogen-bond donors (Lipinski definition) is 2. The Morgan fingerprint density at radius 2 is 1.53 bits per heavy atom. The van der Waals surface area contributed by atoms with Crippen LogP contribution in [-0.2, 0) is 16.0 Å². The normalized spacial score (nSPS) is 20.0. The molecule has 43 heavy (non-hydrogen) atoms. The van der Waals surface area contributed by atoms with Crippen molar-refractivity contribution in [3.63, 3.8) is 0 Å². The molecule has 11 heteroatoms. The molecule has 2 aromatic carbocycles. The van der Waals surface area contributed by atoms with Gasteiger partial charge in [0.05, 0.1) is 11.0 Å². The molecule has 0 saturated carbocycles. The van der Waals surface area contributed by atoms with Crippen LogP contribution in [0.1, 0.15) is 50.1 Å². The van der Waals surface area contributed by atoms with Gasteiger partial charge in [-0.15, -0.1) is 0 Å². The van der Waals surface area contributed by atoms with Crippen molar-refractivity contribution in [2.45, 2.75) is 57.1 Å². The largest absolute Gasteiger partial charge is 0.436 e. The van der Waals surface area contributed by atoms with E-state index >= 15 is 0 Å². The minimum Gasteiger partial charge on any atom is -0.436 e. The van der Waals surface area contributed by atoms with Gasteiger partial charge in [0.25, 0.3) is 5.91 Å². The summed E-state index contributed by atoms with van der Waals surface area (Å²) in [5, 5.41) is 3.45. The molecule has 3 fully saturated rings. The molecule has 9 nitrogen and oxygen atoms in total. The Morgan fingerprint density at radius 1 is 0.860 bits per heavy atom. The van der Waals surface area contributed by atoms with Crippen LogP contribution in [-0.4, -0.2) is 76.7 Å². The number of carbonyl (C=O) groups is 2. The maximum atomic E-state index is 13.9. The number of para-hydroxylation sites is 2. The highest BCUT2D eigenvalue weighted by molar-refractivity contribution is 9.13. The van der Waals surface area contributed by atoms with Crippen LogP contribution in [0, 0.1) is 11.8 Å². The van der Waals surface area contributed by atoms with Crippen molar-refractivity contribution in [1.82, 2.24) is 24.7 Å². The van der Waals surface area contributed by atoms with Gasteiger partial charge in [-0.3, -0.25) is 9.36 Å². The van der Waals surface area contributed by atoms with Crippen molar-refractivity contribution in [3.8, 4) is 0 Å². The number of aromatic nitrogens is 2. The zero-order chi connectivity index (χ0) is 29.9. The lowest BCUT2D eigenvalue weighted by Gasteiger charge is -2.39. The van der Waals surface area contributed by atoms with E-state index in [0.717, 1.165) is 57.4 Å². The first-order valence-electron chi connectivity index (χ1n) is 15.5. The fraction of sp³-hybridized carbons (Fsp3) is 0.531. The van der Waals surface area contributed by atoms with Gasteiger partial charge in [0.1, 0.15) is 0 Å². The number of piperidine rings is 3. The van der Waals surface area contributed by atoms with Crippen molar-refractivity contribution in [1.29, 1.82) is 0 Å². The Kier molecular flexibility index (Phi) is 9.59. The van der Waals surface area contributed by atoms with Crippen LogP contribution in [0.15, 0.2) is 56.2 Å². The second kappa shape index (κ2) is 13.6. The van der Waals surface area contributed by atoms with E-state index < -0.39 is 12.2 Å². The summed E-state index contributed by atoms with van der Waals surface area (Å²) < 4.78 is 9.65. The van der Waals surface area contributed by atoms with Crippen LogP contribution in [0.2, 0.25) is 0 Å². The smallest absolute Gasteiger partial charge is 0.410 e. The molecular weight excluding hydrogens is 678 g/mol. The summed E-state index contributed by atoms with van der Waals surface area (Å²) in [6, 6.07) is 13.5. The SMILES string of the molecule is O=C(O[C@H](Cc1ccc(Br)c(Br)c1)C(=O)N1CCC(C2CCNCC2)CC1)N1CCC(n2c(=O)[nH]c3ccccc32)CC1. The lowest BCUT2D eigenvalue weighted by molar-refractivity contribution is -0.142. The third-order valence-electron chi connectivity index (χ3n) is 9.54. The number of likely N-dealkylation sites (tertiary alicyclic amines) is 2. The predicted molar refractivity (Wildman–Crippen MR) is 173 cm³/mol. The number of ether oxygens (including phenoxy) is 1. The highest BCUT2D eigenvalue weighted by Gasteiger charge is 2.35. The van der Waals surface area contributed by atoms with Gasteiger partial charge in [0, 0.05) is 47.6 Å². The number of halogens is 2. The van der Waals surface area contributed by atoms with Crippen molar-refractivity contribution < 1.29 is 14.3 Å². The fourth-order valence-corrected chi connectivity index (χ4v) is 7.78. The number of rotatable bonds is 6. The Bertz CT molecular complexity index is 1500. The summed E-state index contributed by atoms with van der Waals surface area (Å²) in [4.78, 5) is 46.6. The van der Waals surface area contributed by atoms with E-state index in [4.69, 9.17) is 4.74 Å². The highest BCUT2D eigenvalue weighted by atomic mass is 79.9. The lowest BCUT2D eigenvalue weighted by atomic mass is 9.79. The second-order valence-corrected chi connectivity index (χ2v) is 13.8. The first-order chi connectivity index (χ1) is 20.9. The Labute approximate surface area is 268 Å². The maximum absolute atomic E-state index is 13.9. The van der Waals surface area contributed by atoms with E-state index in [1.54, 1.807) is 4.90 Å². The molecule has 3 aliphatic rings. The number of amides is 2. The Morgan fingerprint density at radius 3 is 2.26 bits per heavy atom. The first kappa shape index (κ1) is 30.4. The quantitative estimate of drug-likeness (QED) is 0.352. The molecule has 3 aliphatic heterocycles. The molecular formula is C32H39Br2N5O4. The van der Waals surface area contributed by atoms with Gasteiger partial charge in [-0.1, -0.05) is 18.2 Å². The molecule has 2 N–H and O–H groups in total. The first-order valence-corrected chi connectivity index (χ1v) is 17.0. The maximum Gasteiger partial charge on any atom is 0.410 e. The zero-order valence-corrected chi connectivity index (χ0v) is 27.4. The van der Waals surface area contributed by atoms with Crippen LogP contribution in [0.5, 0.6) is 0 Å². The summed E-state index contributed by atoms with van der Waals surface area (Å²) >= 11 is 7.07. The monoisotopic (exact) mass is 715 g/mol. The number of imidazole rings is 1. The molecule has 3 saturated heterocycles. The Hall–Kier alpha value is -2.63. The Balaban J connectivity index is 1.11. The average molecular weight is 718 g/mol. The summed E-state index contributed by atoms with van der Waals surface area (Å²) in [6.45, 7) is 4.50. The number of hydrogen-bond acceptors (Lipinski definition) is 5. The summed E-state index contributed by atoms with van der Waals surface area (Å²) in [5.74, 6) is 1.27. The number of nitrogens with zero attached hydrogens (tertiary/aromatic N) is 3. The van der Waals surface area contributed by atoms with E-state index in [9.17, 15) is 14.4 Å². The van der Waals surface area contributed by atoms with Gasteiger partial charge in [-0.25, -0.2) is 9.59 Å². The number of fused-ring (bicyclic) bond motifs is 1. The third kappa shape index (κ3) is 6.88. The average Bonchev–Trinajstić information content (AvgIpc) is 3.38. The van der Waals surface area contributed by atoms with Crippen LogP contribution >= 0.6 is 31.9 Å². The minimum atomic E-state index is -0.898. The zero-order valence-electron chi connectivity index (χ0n) is 24.3. The molecule has 4 heterocycles. The van der Waals surface area contributed by atoms with Gasteiger partial charge < -0.3 is 24.8 Å². The van der Waals surface area contributed by atoms with Crippen molar-refractivity contribution >= 4 is 54.9 Å². The molecule has 1 atom stereocenters. The predicted octanol–water partition coefficient (Wildman–Crippen LogP) is 5.48. The van der Waals surface area contributed by atoms with Gasteiger partial charge in [-0.05, 0) is 125 Å². The highest BCUT2D eigenvalue weighted by Crippen LogP contribution is 2.32. The van der Waals surface area contributed by atoms with E-state index in [2.05, 4.69) is 42.2 Å². The topological polar surface area (TPSA) is 99.7 Å². The molecule has 0 aliphatic carbocycles. The number of nitrogens with one attached hydrogen (secondary N) is 2. The van der Waals surface area contributed by atoms with Crippen LogP contribution in [0.4, 0.5) is 4.79 Å². The number of H-pyrrole nitrogens is 1. The summed E-state index contributed by atoms with van der Waals surface area (Å²) in [5.41, 5.74) is 2.49. The standard InChI is InChI=1S/C32H39Br2N5O4/c33-25-6-5-21(19-26(25)34)20-29(30(40)37-15-9-23(10-16-37)22-7-13-35-14-8-22)43-32(42)38-17-11-24(12-18-38)39-28-4-2-1-3-27(28)36-31(39)41/h1-6,19,22-24,29,35H,7-18,20H2,(H,36,41)/t29-/m1/s1. The number of benzene rings is 2. The number of aromatic amines is 1. The van der Waals surface area contributed by atoms with Crippen LogP contribution in [0.25, 0.3) is 11.0 Å². The summed E-state index contributed by atoms with van der Waals surface area (Å²) in [6.07, 6.45) is 4.65. The van der Waals surface area contributed by atoms with Gasteiger partial charge in [0.15, 0.2) is 6.10 Å². The van der Waals surface area contributed by atoms with Crippen molar-refractivity contribution in [2.75, 3.05) is 39.3 Å². The molecule has 0 spiro atoms. The fourth-order valence-electron chi connectivity index (χ4n) is 7.11. The van der Waals surface area contributed by atoms with Gasteiger partial charge in [0.2, 0.25) is 0 Å². The van der Waals surface area contributed by atoms with Crippen molar-refractivity contribution in [2.24, 2.45) is 11.8 Å². The summed E-state index contributed by atoms with van der Waals surface area (Å²) in [7, 11) is 0. The lowest BCUT2D eigenvalue weighted by Crippen LogP contribution is -2.49. The van der Waals surface area contributed by atoms with Crippen LogP contribution in [0.3, 0.4) is 0 Å².